The molecule has 0 bridgehead atoms. The lowest BCUT2D eigenvalue weighted by Crippen LogP contribution is -2.28. The molecule has 2 heterocycles. The highest BCUT2D eigenvalue weighted by Crippen LogP contribution is 2.59. The first-order valence-electron chi connectivity index (χ1n) is 32.0. The van der Waals surface area contributed by atoms with Crippen molar-refractivity contribution >= 4 is 88.8 Å². The molecule has 2 aromatic heterocycles. The van der Waals surface area contributed by atoms with Crippen LogP contribution in [0.4, 0.5) is 34.1 Å². The average Bonchev–Trinajstić information content (AvgIpc) is 1.53. The summed E-state index contributed by atoms with van der Waals surface area (Å²) < 4.78 is 14.4. The van der Waals surface area contributed by atoms with Crippen molar-refractivity contribution in [3.8, 4) is 22.3 Å². The molecule has 0 spiro atoms. The summed E-state index contributed by atoms with van der Waals surface area (Å²) in [4.78, 5) is 4.87. The third-order valence-corrected chi connectivity index (χ3v) is 20.3. The van der Waals surface area contributed by atoms with Gasteiger partial charge in [-0.05, 0) is 190 Å². The van der Waals surface area contributed by atoms with E-state index in [-0.39, 0.29) is 0 Å². The van der Waals surface area contributed by atoms with Crippen LogP contribution in [0.3, 0.4) is 0 Å². The Morgan fingerprint density at radius 3 is 0.880 bits per heavy atom. The molecule has 4 nitrogen and oxygen atoms in total. The van der Waals surface area contributed by atoms with E-state index in [1.54, 1.807) is 0 Å². The molecule has 0 saturated carbocycles. The highest BCUT2D eigenvalue weighted by Gasteiger charge is 2.48. The van der Waals surface area contributed by atoms with E-state index < -0.39 is 10.8 Å². The monoisotopic (exact) mass is 1180 g/mol. The summed E-state index contributed by atoms with van der Waals surface area (Å²) >= 11 is 0. The number of furan rings is 2. The van der Waals surface area contributed by atoms with Gasteiger partial charge in [0.25, 0.3) is 0 Å². The number of hydrogen-bond acceptors (Lipinski definition) is 4. The van der Waals surface area contributed by atoms with Crippen molar-refractivity contribution < 1.29 is 8.83 Å². The Bertz CT molecular complexity index is 5190. The van der Waals surface area contributed by atoms with Gasteiger partial charge in [-0.25, -0.2) is 0 Å². The van der Waals surface area contributed by atoms with Crippen LogP contribution in [0.25, 0.3) is 76.9 Å². The van der Waals surface area contributed by atoms with E-state index >= 15 is 0 Å². The Labute approximate surface area is 535 Å². The Kier molecular flexibility index (Phi) is 12.0. The number of rotatable bonds is 10. The number of anilines is 6. The summed E-state index contributed by atoms with van der Waals surface area (Å²) in [5.74, 6) is 0. The zero-order valence-electron chi connectivity index (χ0n) is 51.6. The van der Waals surface area contributed by atoms with E-state index in [1.165, 1.54) is 89.0 Å². The molecule has 92 heavy (non-hydrogen) atoms. The van der Waals surface area contributed by atoms with Crippen molar-refractivity contribution in [2.75, 3.05) is 9.80 Å². The van der Waals surface area contributed by atoms with E-state index in [4.69, 9.17) is 8.83 Å². The van der Waals surface area contributed by atoms with Crippen LogP contribution >= 0.6 is 0 Å². The van der Waals surface area contributed by atoms with Gasteiger partial charge in [0.2, 0.25) is 0 Å². The molecule has 0 saturated heterocycles. The molecular formula is C88H62N2O2. The summed E-state index contributed by atoms with van der Waals surface area (Å²) in [5, 5.41) is 6.25. The molecule has 14 aromatic carbocycles. The molecule has 16 aromatic rings. The molecule has 0 aliphatic heterocycles. The van der Waals surface area contributed by atoms with Crippen molar-refractivity contribution in [1.82, 2.24) is 0 Å². The number of para-hydroxylation sites is 2. The zero-order valence-corrected chi connectivity index (χ0v) is 51.6. The van der Waals surface area contributed by atoms with E-state index in [9.17, 15) is 0 Å². The van der Waals surface area contributed by atoms with Crippen LogP contribution in [0.15, 0.2) is 312 Å². The summed E-state index contributed by atoms with van der Waals surface area (Å²) in [6, 6.07) is 112. The third kappa shape index (κ3) is 7.64. The van der Waals surface area contributed by atoms with Crippen LogP contribution in [0, 0.1) is 27.7 Å². The molecule has 2 aliphatic carbocycles. The van der Waals surface area contributed by atoms with E-state index in [2.05, 4.69) is 341 Å². The minimum Gasteiger partial charge on any atom is -0.455 e. The molecule has 0 amide bonds. The predicted octanol–water partition coefficient (Wildman–Crippen LogP) is 23.5. The minimum atomic E-state index is -0.549. The average molecular weight is 1180 g/mol. The van der Waals surface area contributed by atoms with Gasteiger partial charge >= 0.3 is 0 Å². The number of benzene rings is 14. The lowest BCUT2D eigenvalue weighted by molar-refractivity contribution is 0.669. The Morgan fingerprint density at radius 2 is 0.522 bits per heavy atom. The van der Waals surface area contributed by atoms with Crippen LogP contribution in [-0.4, -0.2) is 0 Å². The predicted molar refractivity (Wildman–Crippen MR) is 381 cm³/mol. The molecule has 0 atom stereocenters. The summed E-state index contributed by atoms with van der Waals surface area (Å²) in [7, 11) is 0. The van der Waals surface area contributed by atoms with Crippen molar-refractivity contribution in [2.45, 2.75) is 38.5 Å². The van der Waals surface area contributed by atoms with Crippen molar-refractivity contribution in [3.05, 3.63) is 370 Å². The zero-order chi connectivity index (χ0) is 61.4. The molecular weight excluding hydrogens is 1120 g/mol. The normalized spacial score (nSPS) is 13.4. The standard InChI is InChI=1S/C88H62N2O2/c1-55-23-19-24-56(2)83(55)89(63-33-21-31-61(51-63)87(59-27-7-5-8-28-59)77-39-15-11-35-67(77)68-36-12-16-40-78(68)87)65-43-45-71-73-47-49-76-75(85(73)91-81(71)53-65)50-48-74-72-46-44-66(54-82(72)92-86(74)76)90(84-57(3)25-20-26-58(84)4)64-34-22-32-62(52-64)88(60-29-9-6-10-30-60)79-41-17-13-37-69(79)70-38-14-18-42-80(70)88/h5-54H,1-4H3. The first kappa shape index (κ1) is 53.6. The van der Waals surface area contributed by atoms with Gasteiger partial charge in [0.15, 0.2) is 0 Å². The number of aryl methyl sites for hydroxylation is 4. The molecule has 0 radical (unpaired) electrons. The fourth-order valence-electron chi connectivity index (χ4n) is 16.4. The second kappa shape index (κ2) is 20.5. The van der Waals surface area contributed by atoms with Crippen LogP contribution < -0.4 is 9.80 Å². The van der Waals surface area contributed by atoms with E-state index in [1.807, 2.05) is 0 Å². The van der Waals surface area contributed by atoms with Crippen LogP contribution in [0.5, 0.6) is 0 Å². The van der Waals surface area contributed by atoms with Gasteiger partial charge in [-0.2, -0.15) is 0 Å². The first-order valence-corrected chi connectivity index (χ1v) is 32.0. The van der Waals surface area contributed by atoms with Crippen LogP contribution in [0.2, 0.25) is 0 Å². The van der Waals surface area contributed by atoms with Crippen LogP contribution in [0.1, 0.15) is 66.8 Å². The second-order valence-electron chi connectivity index (χ2n) is 25.2. The van der Waals surface area contributed by atoms with Gasteiger partial charge in [-0.15, -0.1) is 0 Å². The summed E-state index contributed by atoms with van der Waals surface area (Å²) in [6.45, 7) is 8.87. The lowest BCUT2D eigenvalue weighted by Gasteiger charge is -2.35. The lowest BCUT2D eigenvalue weighted by atomic mass is 9.67. The highest BCUT2D eigenvalue weighted by atomic mass is 16.3. The Balaban J connectivity index is 0.768. The van der Waals surface area contributed by atoms with Crippen molar-refractivity contribution in [2.24, 2.45) is 0 Å². The van der Waals surface area contributed by atoms with Crippen molar-refractivity contribution in [3.63, 3.8) is 0 Å². The van der Waals surface area contributed by atoms with Gasteiger partial charge in [0.1, 0.15) is 22.3 Å². The largest absolute Gasteiger partial charge is 0.455 e. The SMILES string of the molecule is Cc1cccc(C)c1N(c1cccc(C2(c3ccccc3)c3ccccc3-c3ccccc32)c1)c1ccc2c(c1)oc1c2ccc2c1ccc1c3ccc(N(c4cccc(C5(c6ccccc6)c6ccccc6-c6ccccc65)c4)c4c(C)cccc4C)cc3oc12. The highest BCUT2D eigenvalue weighted by molar-refractivity contribution is 6.23. The summed E-state index contributed by atoms with van der Waals surface area (Å²) in [5.41, 5.74) is 28.5. The second-order valence-corrected chi connectivity index (χ2v) is 25.2. The number of hydrogen-bond donors (Lipinski definition) is 0. The third-order valence-electron chi connectivity index (χ3n) is 20.3. The maximum absolute atomic E-state index is 7.19. The molecule has 2 aliphatic rings. The maximum Gasteiger partial charge on any atom is 0.143 e. The van der Waals surface area contributed by atoms with Gasteiger partial charge in [-0.1, -0.05) is 218 Å². The molecule has 0 N–H and O–H groups in total. The molecule has 4 heteroatoms. The molecule has 18 rings (SSSR count). The maximum atomic E-state index is 7.19. The van der Waals surface area contributed by atoms with Gasteiger partial charge < -0.3 is 18.6 Å². The van der Waals surface area contributed by atoms with Gasteiger partial charge in [-0.3, -0.25) is 0 Å². The Morgan fingerprint density at radius 1 is 0.239 bits per heavy atom. The van der Waals surface area contributed by atoms with E-state index in [0.29, 0.717) is 0 Å². The minimum absolute atomic E-state index is 0.549. The molecule has 436 valence electrons. The van der Waals surface area contributed by atoms with E-state index in [0.717, 1.165) is 88.8 Å². The number of fused-ring (bicyclic) bond motifs is 15. The fraction of sp³-hybridized carbons (Fsp3) is 0.0682. The number of nitrogens with zero attached hydrogens (tertiary/aromatic N) is 2. The first-order chi connectivity index (χ1) is 45.3. The summed E-state index contributed by atoms with van der Waals surface area (Å²) in [6.07, 6.45) is 0. The smallest absolute Gasteiger partial charge is 0.143 e. The quantitative estimate of drug-likeness (QED) is 0.137. The van der Waals surface area contributed by atoms with Crippen molar-refractivity contribution in [1.29, 1.82) is 0 Å². The molecule has 0 fully saturated rings. The molecule has 0 unspecified atom stereocenters. The van der Waals surface area contributed by atoms with Crippen LogP contribution in [-0.2, 0) is 10.8 Å². The topological polar surface area (TPSA) is 32.8 Å². The Hall–Kier alpha value is -11.5. The van der Waals surface area contributed by atoms with Gasteiger partial charge in [0, 0.05) is 67.2 Å². The van der Waals surface area contributed by atoms with Gasteiger partial charge in [0.05, 0.1) is 22.2 Å². The fourth-order valence-corrected chi connectivity index (χ4v) is 16.4.